The summed E-state index contributed by atoms with van der Waals surface area (Å²) in [4.78, 5) is 14.3. The first kappa shape index (κ1) is 15.0. The van der Waals surface area contributed by atoms with Gasteiger partial charge in [0.05, 0.1) is 34.4 Å². The van der Waals surface area contributed by atoms with Gasteiger partial charge in [-0.3, -0.25) is 4.79 Å². The molecule has 114 valence electrons. The van der Waals surface area contributed by atoms with Crippen LogP contribution in [0, 0.1) is 5.82 Å². The summed E-state index contributed by atoms with van der Waals surface area (Å²) >= 11 is 11.7. The summed E-state index contributed by atoms with van der Waals surface area (Å²) in [6.45, 7) is 3.03. The lowest BCUT2D eigenvalue weighted by atomic mass is 10.00. The monoisotopic (exact) mass is 332 g/mol. The minimum absolute atomic E-state index is 0.0880. The van der Waals surface area contributed by atoms with Crippen LogP contribution in [0.3, 0.4) is 0 Å². The van der Waals surface area contributed by atoms with Crippen molar-refractivity contribution in [1.29, 1.82) is 0 Å². The number of rotatable bonds is 1. The number of nitrogens with one attached hydrogen (secondary N) is 1. The molecule has 1 N–H and O–H groups in total. The third kappa shape index (κ3) is 2.88. The smallest absolute Gasteiger partial charge is 0.255 e. The number of benzene rings is 1. The summed E-state index contributed by atoms with van der Waals surface area (Å²) in [5, 5.41) is 3.32. The third-order valence-corrected chi connectivity index (χ3v) is 4.58. The van der Waals surface area contributed by atoms with Gasteiger partial charge in [-0.15, -0.1) is 0 Å². The van der Waals surface area contributed by atoms with E-state index in [2.05, 4.69) is 5.32 Å². The minimum Gasteiger partial charge on any atom is -0.370 e. The molecule has 1 unspecified atom stereocenters. The fourth-order valence-electron chi connectivity index (χ4n) is 2.85. The Labute approximate surface area is 132 Å². The van der Waals surface area contributed by atoms with Gasteiger partial charge in [0.2, 0.25) is 0 Å². The van der Waals surface area contributed by atoms with Crippen LogP contribution in [0.1, 0.15) is 16.8 Å². The number of nitrogens with zero attached hydrogens (tertiary/aromatic N) is 1. The Balaban J connectivity index is 1.83. The van der Waals surface area contributed by atoms with Crippen LogP contribution in [0.4, 0.5) is 4.39 Å². The van der Waals surface area contributed by atoms with Crippen molar-refractivity contribution < 1.29 is 13.9 Å². The maximum absolute atomic E-state index is 13.6. The molecule has 1 atom stereocenters. The Kier molecular flexibility index (Phi) is 4.10. The van der Waals surface area contributed by atoms with E-state index in [4.69, 9.17) is 27.9 Å². The Morgan fingerprint density at radius 3 is 2.90 bits per heavy atom. The molecule has 7 heteroatoms. The molecule has 21 heavy (non-hydrogen) atoms. The average molecular weight is 333 g/mol. The van der Waals surface area contributed by atoms with Gasteiger partial charge in [-0.2, -0.15) is 0 Å². The standard InChI is InChI=1S/C14H15Cl2FN2O2/c15-10-6-11(16)12(17)5-9(10)13(20)19-3-4-21-14(8-19)1-2-18-7-14/h5-6,18H,1-4,7-8H2. The van der Waals surface area contributed by atoms with Crippen LogP contribution < -0.4 is 5.32 Å². The molecule has 1 aromatic carbocycles. The third-order valence-electron chi connectivity index (χ3n) is 3.98. The first-order chi connectivity index (χ1) is 10.0. The summed E-state index contributed by atoms with van der Waals surface area (Å²) in [6, 6.07) is 2.36. The molecule has 2 saturated heterocycles. The van der Waals surface area contributed by atoms with Crippen LogP contribution in [0.15, 0.2) is 12.1 Å². The summed E-state index contributed by atoms with van der Waals surface area (Å²) in [5.41, 5.74) is -0.188. The van der Waals surface area contributed by atoms with Gasteiger partial charge in [-0.25, -0.2) is 4.39 Å². The lowest BCUT2D eigenvalue weighted by molar-refractivity contribution is -0.0866. The number of carbonyl (C=O) groups excluding carboxylic acids is 1. The van der Waals surface area contributed by atoms with Crippen LogP contribution in [0.25, 0.3) is 0 Å². The van der Waals surface area contributed by atoms with Crippen molar-refractivity contribution in [1.82, 2.24) is 10.2 Å². The largest absolute Gasteiger partial charge is 0.370 e. The topological polar surface area (TPSA) is 41.6 Å². The number of amides is 1. The number of hydrogen-bond donors (Lipinski definition) is 1. The summed E-state index contributed by atoms with van der Waals surface area (Å²) in [6.07, 6.45) is 0.861. The predicted molar refractivity (Wildman–Crippen MR) is 78.5 cm³/mol. The maximum Gasteiger partial charge on any atom is 0.255 e. The SMILES string of the molecule is O=C(c1cc(F)c(Cl)cc1Cl)N1CCOC2(CCNC2)C1. The Bertz CT molecular complexity index is 576. The molecule has 2 fully saturated rings. The molecule has 1 spiro atoms. The van der Waals surface area contributed by atoms with Crippen LogP contribution >= 0.6 is 23.2 Å². The van der Waals surface area contributed by atoms with E-state index in [0.29, 0.717) is 19.7 Å². The zero-order valence-electron chi connectivity index (χ0n) is 11.3. The minimum atomic E-state index is -0.644. The van der Waals surface area contributed by atoms with Gasteiger partial charge in [-0.05, 0) is 25.1 Å². The number of halogens is 3. The summed E-state index contributed by atoms with van der Waals surface area (Å²) in [5.74, 6) is -0.930. The van der Waals surface area contributed by atoms with Crippen LogP contribution in [0.2, 0.25) is 10.0 Å². The lowest BCUT2D eigenvalue weighted by Gasteiger charge is -2.40. The molecule has 0 aromatic heterocycles. The molecular formula is C14H15Cl2FN2O2. The first-order valence-corrected chi connectivity index (χ1v) is 7.55. The highest BCUT2D eigenvalue weighted by Gasteiger charge is 2.41. The second kappa shape index (κ2) is 5.72. The van der Waals surface area contributed by atoms with Crippen molar-refractivity contribution in [2.24, 2.45) is 0 Å². The van der Waals surface area contributed by atoms with E-state index in [1.165, 1.54) is 6.07 Å². The van der Waals surface area contributed by atoms with Crippen molar-refractivity contribution in [3.05, 3.63) is 33.6 Å². The molecule has 4 nitrogen and oxygen atoms in total. The van der Waals surface area contributed by atoms with E-state index in [-0.39, 0.29) is 27.1 Å². The van der Waals surface area contributed by atoms with Crippen molar-refractivity contribution >= 4 is 29.1 Å². The van der Waals surface area contributed by atoms with Gasteiger partial charge in [0.15, 0.2) is 0 Å². The highest BCUT2D eigenvalue weighted by molar-refractivity contribution is 6.36. The number of ether oxygens (including phenoxy) is 1. The highest BCUT2D eigenvalue weighted by Crippen LogP contribution is 2.29. The second-order valence-electron chi connectivity index (χ2n) is 5.43. The normalized spacial score (nSPS) is 25.6. The quantitative estimate of drug-likeness (QED) is 0.802. The van der Waals surface area contributed by atoms with Crippen LogP contribution in [0.5, 0.6) is 0 Å². The Hall–Kier alpha value is -0.880. The first-order valence-electron chi connectivity index (χ1n) is 6.79. The van der Waals surface area contributed by atoms with Crippen molar-refractivity contribution in [2.45, 2.75) is 12.0 Å². The van der Waals surface area contributed by atoms with Gasteiger partial charge in [0, 0.05) is 13.1 Å². The molecule has 1 amide bonds. The van der Waals surface area contributed by atoms with E-state index in [1.807, 2.05) is 0 Å². The summed E-state index contributed by atoms with van der Waals surface area (Å²) < 4.78 is 19.4. The van der Waals surface area contributed by atoms with E-state index in [0.717, 1.165) is 25.6 Å². The van der Waals surface area contributed by atoms with Crippen LogP contribution in [-0.2, 0) is 4.74 Å². The van der Waals surface area contributed by atoms with E-state index in [1.54, 1.807) is 4.90 Å². The van der Waals surface area contributed by atoms with Gasteiger partial charge in [-0.1, -0.05) is 23.2 Å². The molecular weight excluding hydrogens is 318 g/mol. The Morgan fingerprint density at radius 2 is 2.19 bits per heavy atom. The molecule has 3 rings (SSSR count). The van der Waals surface area contributed by atoms with Gasteiger partial charge in [0.1, 0.15) is 5.82 Å². The lowest BCUT2D eigenvalue weighted by Crippen LogP contribution is -2.54. The highest BCUT2D eigenvalue weighted by atomic mass is 35.5. The zero-order valence-corrected chi connectivity index (χ0v) is 12.8. The molecule has 0 aliphatic carbocycles. The zero-order chi connectivity index (χ0) is 15.0. The van der Waals surface area contributed by atoms with Crippen LogP contribution in [-0.4, -0.2) is 49.2 Å². The predicted octanol–water partition coefficient (Wildman–Crippen LogP) is 2.34. The fraction of sp³-hybridized carbons (Fsp3) is 0.500. The van der Waals surface area contributed by atoms with Gasteiger partial charge >= 0.3 is 0 Å². The molecule has 2 heterocycles. The molecule has 0 bridgehead atoms. The van der Waals surface area contributed by atoms with E-state index < -0.39 is 5.82 Å². The van der Waals surface area contributed by atoms with Crippen molar-refractivity contribution in [2.75, 3.05) is 32.8 Å². The van der Waals surface area contributed by atoms with Gasteiger partial charge < -0.3 is 15.0 Å². The molecule has 0 radical (unpaired) electrons. The average Bonchev–Trinajstić information content (AvgIpc) is 2.90. The molecule has 0 saturated carbocycles. The maximum atomic E-state index is 13.6. The van der Waals surface area contributed by atoms with Crippen molar-refractivity contribution in [3.63, 3.8) is 0 Å². The summed E-state index contributed by atoms with van der Waals surface area (Å²) in [7, 11) is 0. The second-order valence-corrected chi connectivity index (χ2v) is 6.25. The van der Waals surface area contributed by atoms with E-state index in [9.17, 15) is 9.18 Å². The number of hydrogen-bond acceptors (Lipinski definition) is 3. The molecule has 2 aliphatic heterocycles. The number of carbonyl (C=O) groups is 1. The van der Waals surface area contributed by atoms with Crippen molar-refractivity contribution in [3.8, 4) is 0 Å². The molecule has 2 aliphatic rings. The molecule has 1 aromatic rings. The van der Waals surface area contributed by atoms with Gasteiger partial charge in [0.25, 0.3) is 5.91 Å². The van der Waals surface area contributed by atoms with E-state index >= 15 is 0 Å². The number of morpholine rings is 1. The Morgan fingerprint density at radius 1 is 1.38 bits per heavy atom. The fourth-order valence-corrected chi connectivity index (χ4v) is 3.32.